The third-order valence-corrected chi connectivity index (χ3v) is 3.00. The lowest BCUT2D eigenvalue weighted by atomic mass is 10.3. The van der Waals surface area contributed by atoms with Crippen LogP contribution in [0.3, 0.4) is 0 Å². The van der Waals surface area contributed by atoms with Crippen molar-refractivity contribution in [2.75, 3.05) is 18.6 Å². The van der Waals surface area contributed by atoms with Crippen molar-refractivity contribution in [2.45, 2.75) is 13.8 Å². The van der Waals surface area contributed by atoms with Gasteiger partial charge in [0.25, 0.3) is 0 Å². The van der Waals surface area contributed by atoms with E-state index < -0.39 is 21.6 Å². The molecule has 0 saturated heterocycles. The summed E-state index contributed by atoms with van der Waals surface area (Å²) in [4.78, 5) is 10.6. The molecule has 0 aliphatic heterocycles. The highest BCUT2D eigenvalue weighted by atomic mass is 32.2. The maximum absolute atomic E-state index is 11.1. The quantitative estimate of drug-likeness (QED) is 0.601. The molecule has 72 valence electrons. The van der Waals surface area contributed by atoms with Crippen LogP contribution in [0.4, 0.5) is 0 Å². The molecule has 0 aromatic heterocycles. The van der Waals surface area contributed by atoms with Crippen molar-refractivity contribution >= 4 is 15.8 Å². The summed E-state index contributed by atoms with van der Waals surface area (Å²) < 4.78 is 26.5. The zero-order valence-electron chi connectivity index (χ0n) is 7.53. The molecule has 0 aliphatic carbocycles. The summed E-state index contributed by atoms with van der Waals surface area (Å²) in [5, 5.41) is 0. The molecule has 0 spiro atoms. The Balaban J connectivity index is 4.15. The van der Waals surface area contributed by atoms with E-state index in [1.54, 1.807) is 13.8 Å². The molecular weight excluding hydrogens is 180 g/mol. The first kappa shape index (κ1) is 11.4. The minimum absolute atomic E-state index is 0.0299. The Kier molecular flexibility index (Phi) is 4.23. The number of sulfone groups is 1. The summed E-state index contributed by atoms with van der Waals surface area (Å²) >= 11 is 0. The molecule has 0 radical (unpaired) electrons. The van der Waals surface area contributed by atoms with E-state index in [1.165, 1.54) is 7.11 Å². The molecule has 0 aromatic rings. The van der Waals surface area contributed by atoms with Gasteiger partial charge in [-0.2, -0.15) is 0 Å². The van der Waals surface area contributed by atoms with Crippen LogP contribution in [0.15, 0.2) is 0 Å². The van der Waals surface area contributed by atoms with E-state index in [0.29, 0.717) is 0 Å². The van der Waals surface area contributed by atoms with E-state index >= 15 is 0 Å². The molecule has 0 rings (SSSR count). The van der Waals surface area contributed by atoms with E-state index in [-0.39, 0.29) is 11.7 Å². The fraction of sp³-hybridized carbons (Fsp3) is 0.857. The predicted octanol–water partition coefficient (Wildman–Crippen LogP) is 0.230. The van der Waals surface area contributed by atoms with Crippen molar-refractivity contribution in [3.8, 4) is 0 Å². The summed E-state index contributed by atoms with van der Waals surface area (Å²) in [6.45, 7) is 3.57. The zero-order chi connectivity index (χ0) is 9.78. The fourth-order valence-corrected chi connectivity index (χ4v) is 2.42. The van der Waals surface area contributed by atoms with E-state index in [2.05, 4.69) is 4.74 Å². The highest BCUT2D eigenvalue weighted by Gasteiger charge is 2.18. The van der Waals surface area contributed by atoms with E-state index in [9.17, 15) is 13.2 Å². The molecule has 0 amide bonds. The first-order chi connectivity index (χ1) is 5.37. The van der Waals surface area contributed by atoms with Gasteiger partial charge in [-0.25, -0.2) is 8.42 Å². The van der Waals surface area contributed by atoms with E-state index in [1.807, 2.05) is 0 Å². The molecular formula is C7H14O4S. The van der Waals surface area contributed by atoms with Gasteiger partial charge in [-0.15, -0.1) is 0 Å². The topological polar surface area (TPSA) is 60.4 Å². The highest BCUT2D eigenvalue weighted by molar-refractivity contribution is 7.92. The third kappa shape index (κ3) is 5.12. The molecule has 12 heavy (non-hydrogen) atoms. The Hall–Kier alpha value is -0.580. The molecule has 0 saturated carbocycles. The van der Waals surface area contributed by atoms with Crippen molar-refractivity contribution in [3.05, 3.63) is 0 Å². The van der Waals surface area contributed by atoms with Gasteiger partial charge in [0.15, 0.2) is 9.84 Å². The number of hydrogen-bond donors (Lipinski definition) is 0. The Labute approximate surface area is 72.8 Å². The van der Waals surface area contributed by atoms with E-state index in [0.717, 1.165) is 0 Å². The van der Waals surface area contributed by atoms with Gasteiger partial charge in [0.2, 0.25) is 0 Å². The van der Waals surface area contributed by atoms with E-state index in [4.69, 9.17) is 0 Å². The van der Waals surface area contributed by atoms with Crippen molar-refractivity contribution in [3.63, 3.8) is 0 Å². The molecule has 0 fully saturated rings. The SMILES string of the molecule is COC(=O)CS(=O)(=O)CC(C)C. The van der Waals surface area contributed by atoms with Gasteiger partial charge in [-0.1, -0.05) is 13.8 Å². The Bertz CT molecular complexity index is 240. The number of rotatable bonds is 4. The second-order valence-electron chi connectivity index (χ2n) is 3.02. The lowest BCUT2D eigenvalue weighted by molar-refractivity contribution is -0.137. The summed E-state index contributed by atoms with van der Waals surface area (Å²) in [7, 11) is -2.09. The van der Waals surface area contributed by atoms with Crippen molar-refractivity contribution < 1.29 is 17.9 Å². The lowest BCUT2D eigenvalue weighted by Crippen LogP contribution is -2.22. The van der Waals surface area contributed by atoms with Crippen LogP contribution in [-0.2, 0) is 19.4 Å². The fourth-order valence-electron chi connectivity index (χ4n) is 0.805. The van der Waals surface area contributed by atoms with Crippen LogP contribution >= 0.6 is 0 Å². The molecule has 0 aliphatic rings. The highest BCUT2D eigenvalue weighted by Crippen LogP contribution is 2.00. The lowest BCUT2D eigenvalue weighted by Gasteiger charge is -2.04. The number of carbonyl (C=O) groups is 1. The summed E-state index contributed by atoms with van der Waals surface area (Å²) in [5.41, 5.74) is 0. The molecule has 5 heteroatoms. The first-order valence-corrected chi connectivity index (χ1v) is 5.47. The molecule has 0 N–H and O–H groups in total. The molecule has 0 unspecified atom stereocenters. The van der Waals surface area contributed by atoms with Gasteiger partial charge >= 0.3 is 5.97 Å². The van der Waals surface area contributed by atoms with Crippen LogP contribution in [0.5, 0.6) is 0 Å². The van der Waals surface area contributed by atoms with Crippen molar-refractivity contribution in [2.24, 2.45) is 5.92 Å². The summed E-state index contributed by atoms with van der Waals surface area (Å²) in [5.74, 6) is -1.14. The van der Waals surface area contributed by atoms with Crippen LogP contribution in [-0.4, -0.2) is 33.0 Å². The molecule has 0 heterocycles. The zero-order valence-corrected chi connectivity index (χ0v) is 8.35. The van der Waals surface area contributed by atoms with Gasteiger partial charge < -0.3 is 4.74 Å². The average molecular weight is 194 g/mol. The summed E-state index contributed by atoms with van der Waals surface area (Å²) in [6, 6.07) is 0. The smallest absolute Gasteiger partial charge is 0.320 e. The first-order valence-electron chi connectivity index (χ1n) is 3.64. The maximum atomic E-state index is 11.1. The normalized spacial score (nSPS) is 11.7. The maximum Gasteiger partial charge on any atom is 0.320 e. The average Bonchev–Trinajstić information content (AvgIpc) is 1.83. The van der Waals surface area contributed by atoms with Gasteiger partial charge in [0.05, 0.1) is 12.9 Å². The molecule has 0 aromatic carbocycles. The van der Waals surface area contributed by atoms with Gasteiger partial charge in [-0.3, -0.25) is 4.79 Å². The third-order valence-electron chi connectivity index (χ3n) is 1.15. The standard InChI is InChI=1S/C7H14O4S/c1-6(2)4-12(9,10)5-7(8)11-3/h6H,4-5H2,1-3H3. The van der Waals surface area contributed by atoms with Crippen LogP contribution in [0.2, 0.25) is 0 Å². The number of esters is 1. The second-order valence-corrected chi connectivity index (χ2v) is 5.13. The molecule has 0 atom stereocenters. The van der Waals surface area contributed by atoms with Crippen LogP contribution < -0.4 is 0 Å². The van der Waals surface area contributed by atoms with Gasteiger partial charge in [-0.05, 0) is 5.92 Å². The van der Waals surface area contributed by atoms with Crippen LogP contribution in [0.25, 0.3) is 0 Å². The van der Waals surface area contributed by atoms with Gasteiger partial charge in [0, 0.05) is 0 Å². The number of carbonyl (C=O) groups excluding carboxylic acids is 1. The van der Waals surface area contributed by atoms with Gasteiger partial charge in [0.1, 0.15) is 5.75 Å². The van der Waals surface area contributed by atoms with Crippen molar-refractivity contribution in [1.29, 1.82) is 0 Å². The minimum atomic E-state index is -3.27. The number of ether oxygens (including phenoxy) is 1. The second kappa shape index (κ2) is 4.45. The Morgan fingerprint density at radius 3 is 2.25 bits per heavy atom. The van der Waals surface area contributed by atoms with Crippen LogP contribution in [0.1, 0.15) is 13.8 Å². The number of hydrogen-bond acceptors (Lipinski definition) is 4. The molecule has 0 bridgehead atoms. The minimum Gasteiger partial charge on any atom is -0.468 e. The predicted molar refractivity (Wildman–Crippen MR) is 45.5 cm³/mol. The summed E-state index contributed by atoms with van der Waals surface area (Å²) in [6.07, 6.45) is 0. The Morgan fingerprint density at radius 2 is 1.92 bits per heavy atom. The molecule has 4 nitrogen and oxygen atoms in total. The van der Waals surface area contributed by atoms with Crippen LogP contribution in [0, 0.1) is 5.92 Å². The Morgan fingerprint density at radius 1 is 1.42 bits per heavy atom. The largest absolute Gasteiger partial charge is 0.468 e. The van der Waals surface area contributed by atoms with Crippen molar-refractivity contribution in [1.82, 2.24) is 0 Å². The number of methoxy groups -OCH3 is 1. The monoisotopic (exact) mass is 194 g/mol.